The van der Waals surface area contributed by atoms with E-state index >= 15 is 0 Å². The number of aromatic nitrogens is 3. The molecule has 3 heterocycles. The molecule has 0 aliphatic carbocycles. The van der Waals surface area contributed by atoms with Crippen molar-refractivity contribution in [3.63, 3.8) is 0 Å². The molecule has 6 heteroatoms. The van der Waals surface area contributed by atoms with Gasteiger partial charge in [0.05, 0.1) is 0 Å². The molecule has 2 aliphatic heterocycles. The maximum absolute atomic E-state index is 12.4. The SMILES string of the molecule is CC(C)c1nc(C(=O)N2CCC(N3CCCC3)CC2)n[nH]1. The molecule has 0 bridgehead atoms. The van der Waals surface area contributed by atoms with Gasteiger partial charge in [0.15, 0.2) is 0 Å². The van der Waals surface area contributed by atoms with Gasteiger partial charge in [0.1, 0.15) is 5.82 Å². The van der Waals surface area contributed by atoms with Gasteiger partial charge in [0.25, 0.3) is 5.91 Å². The number of hydrogen-bond donors (Lipinski definition) is 1. The average Bonchev–Trinajstić information content (AvgIpc) is 3.18. The second-order valence-corrected chi connectivity index (χ2v) is 6.47. The number of rotatable bonds is 3. The summed E-state index contributed by atoms with van der Waals surface area (Å²) >= 11 is 0. The van der Waals surface area contributed by atoms with Gasteiger partial charge in [0.2, 0.25) is 5.82 Å². The van der Waals surface area contributed by atoms with Crippen LogP contribution in [0.25, 0.3) is 0 Å². The van der Waals surface area contributed by atoms with Crippen molar-refractivity contribution < 1.29 is 4.79 Å². The zero-order chi connectivity index (χ0) is 14.8. The quantitative estimate of drug-likeness (QED) is 0.919. The predicted octanol–water partition coefficient (Wildman–Crippen LogP) is 1.63. The number of amides is 1. The van der Waals surface area contributed by atoms with Crippen molar-refractivity contribution in [2.24, 2.45) is 0 Å². The number of H-pyrrole nitrogens is 1. The molecule has 0 atom stereocenters. The summed E-state index contributed by atoms with van der Waals surface area (Å²) in [4.78, 5) is 21.2. The van der Waals surface area contributed by atoms with Crippen molar-refractivity contribution in [3.8, 4) is 0 Å². The first kappa shape index (κ1) is 14.5. The summed E-state index contributed by atoms with van der Waals surface area (Å²) in [6, 6.07) is 0.662. The third-order valence-corrected chi connectivity index (χ3v) is 4.65. The van der Waals surface area contributed by atoms with Gasteiger partial charge in [-0.2, -0.15) is 0 Å². The highest BCUT2D eigenvalue weighted by molar-refractivity contribution is 5.90. The normalized spacial score (nSPS) is 21.4. The minimum Gasteiger partial charge on any atom is -0.336 e. The van der Waals surface area contributed by atoms with Crippen molar-refractivity contribution in [3.05, 3.63) is 11.6 Å². The fourth-order valence-corrected chi connectivity index (χ4v) is 3.31. The molecule has 1 aromatic heterocycles. The van der Waals surface area contributed by atoms with Gasteiger partial charge >= 0.3 is 0 Å². The molecule has 2 saturated heterocycles. The van der Waals surface area contributed by atoms with E-state index in [1.807, 2.05) is 18.7 Å². The van der Waals surface area contributed by atoms with Crippen molar-refractivity contribution in [2.45, 2.75) is 51.5 Å². The Morgan fingerprint density at radius 2 is 1.86 bits per heavy atom. The van der Waals surface area contributed by atoms with Crippen LogP contribution in [0.4, 0.5) is 0 Å². The van der Waals surface area contributed by atoms with E-state index in [2.05, 4.69) is 20.1 Å². The Kier molecular flexibility index (Phi) is 4.24. The maximum atomic E-state index is 12.4. The van der Waals surface area contributed by atoms with Crippen molar-refractivity contribution >= 4 is 5.91 Å². The van der Waals surface area contributed by atoms with Crippen molar-refractivity contribution in [1.29, 1.82) is 0 Å². The molecule has 0 aromatic carbocycles. The smallest absolute Gasteiger partial charge is 0.293 e. The Morgan fingerprint density at radius 1 is 1.19 bits per heavy atom. The zero-order valence-corrected chi connectivity index (χ0v) is 13.0. The van der Waals surface area contributed by atoms with E-state index < -0.39 is 0 Å². The van der Waals surface area contributed by atoms with E-state index in [1.54, 1.807) is 0 Å². The number of nitrogens with one attached hydrogen (secondary N) is 1. The Labute approximate surface area is 125 Å². The number of hydrogen-bond acceptors (Lipinski definition) is 4. The highest BCUT2D eigenvalue weighted by Gasteiger charge is 2.30. The van der Waals surface area contributed by atoms with Gasteiger partial charge in [-0.1, -0.05) is 13.8 Å². The van der Waals surface area contributed by atoms with Gasteiger partial charge in [-0.25, -0.2) is 4.98 Å². The lowest BCUT2D eigenvalue weighted by Gasteiger charge is -2.36. The monoisotopic (exact) mass is 291 g/mol. The number of nitrogens with zero attached hydrogens (tertiary/aromatic N) is 4. The fraction of sp³-hybridized carbons (Fsp3) is 0.800. The lowest BCUT2D eigenvalue weighted by Crippen LogP contribution is -2.46. The van der Waals surface area contributed by atoms with Gasteiger partial charge in [-0.15, -0.1) is 5.10 Å². The number of carbonyl (C=O) groups is 1. The first-order chi connectivity index (χ1) is 10.1. The van der Waals surface area contributed by atoms with Crippen LogP contribution in [0, 0.1) is 0 Å². The number of aromatic amines is 1. The molecule has 0 spiro atoms. The summed E-state index contributed by atoms with van der Waals surface area (Å²) in [5, 5.41) is 6.93. The fourth-order valence-electron chi connectivity index (χ4n) is 3.31. The number of likely N-dealkylation sites (tertiary alicyclic amines) is 2. The standard InChI is InChI=1S/C15H25N5O/c1-11(2)13-16-14(18-17-13)15(21)20-9-5-12(6-10-20)19-7-3-4-8-19/h11-12H,3-10H2,1-2H3,(H,16,17,18). The molecule has 0 unspecified atom stereocenters. The second kappa shape index (κ2) is 6.13. The molecular weight excluding hydrogens is 266 g/mol. The van der Waals surface area contributed by atoms with Crippen LogP contribution in [-0.4, -0.2) is 63.1 Å². The Hall–Kier alpha value is -1.43. The summed E-state index contributed by atoms with van der Waals surface area (Å²) in [5.74, 6) is 1.33. The first-order valence-electron chi connectivity index (χ1n) is 8.11. The molecule has 21 heavy (non-hydrogen) atoms. The molecule has 116 valence electrons. The molecule has 1 amide bonds. The van der Waals surface area contributed by atoms with Crippen LogP contribution in [0.1, 0.15) is 61.9 Å². The van der Waals surface area contributed by atoms with Crippen LogP contribution in [0.15, 0.2) is 0 Å². The first-order valence-corrected chi connectivity index (χ1v) is 8.11. The maximum Gasteiger partial charge on any atom is 0.293 e. The summed E-state index contributed by atoms with van der Waals surface area (Å²) in [5.41, 5.74) is 0. The van der Waals surface area contributed by atoms with E-state index in [1.165, 1.54) is 25.9 Å². The van der Waals surface area contributed by atoms with Gasteiger partial charge in [0, 0.05) is 25.0 Å². The Morgan fingerprint density at radius 3 is 2.43 bits per heavy atom. The minimum absolute atomic E-state index is 0.0296. The number of carbonyl (C=O) groups excluding carboxylic acids is 1. The third-order valence-electron chi connectivity index (χ3n) is 4.65. The summed E-state index contributed by atoms with van der Waals surface area (Å²) < 4.78 is 0. The molecule has 2 fully saturated rings. The predicted molar refractivity (Wildman–Crippen MR) is 80.2 cm³/mol. The Balaban J connectivity index is 1.56. The molecule has 1 N–H and O–H groups in total. The zero-order valence-electron chi connectivity index (χ0n) is 13.0. The lowest BCUT2D eigenvalue weighted by molar-refractivity contribution is 0.0633. The van der Waals surface area contributed by atoms with Crippen LogP contribution in [0.2, 0.25) is 0 Å². The summed E-state index contributed by atoms with van der Waals surface area (Å²) in [7, 11) is 0. The van der Waals surface area contributed by atoms with Crippen LogP contribution < -0.4 is 0 Å². The average molecular weight is 291 g/mol. The van der Waals surface area contributed by atoms with Crippen LogP contribution in [0.5, 0.6) is 0 Å². The summed E-state index contributed by atoms with van der Waals surface area (Å²) in [6.07, 6.45) is 4.81. The lowest BCUT2D eigenvalue weighted by atomic mass is 10.0. The molecular formula is C15H25N5O. The van der Waals surface area contributed by atoms with E-state index in [9.17, 15) is 4.79 Å². The topological polar surface area (TPSA) is 65.1 Å². The highest BCUT2D eigenvalue weighted by atomic mass is 16.2. The van der Waals surface area contributed by atoms with Gasteiger partial charge in [-0.05, 0) is 38.8 Å². The number of piperidine rings is 1. The Bertz CT molecular complexity index is 484. The summed E-state index contributed by atoms with van der Waals surface area (Å²) in [6.45, 7) is 8.19. The second-order valence-electron chi connectivity index (χ2n) is 6.47. The van der Waals surface area contributed by atoms with E-state index in [0.717, 1.165) is 31.8 Å². The molecule has 1 aromatic rings. The molecule has 0 saturated carbocycles. The van der Waals surface area contributed by atoms with Crippen molar-refractivity contribution in [2.75, 3.05) is 26.2 Å². The minimum atomic E-state index is -0.0296. The van der Waals surface area contributed by atoms with Crippen molar-refractivity contribution in [1.82, 2.24) is 25.0 Å². The molecule has 0 radical (unpaired) electrons. The largest absolute Gasteiger partial charge is 0.336 e. The highest BCUT2D eigenvalue weighted by Crippen LogP contribution is 2.21. The van der Waals surface area contributed by atoms with Crippen LogP contribution >= 0.6 is 0 Å². The third kappa shape index (κ3) is 3.10. The van der Waals surface area contributed by atoms with Crippen LogP contribution in [0.3, 0.4) is 0 Å². The van der Waals surface area contributed by atoms with Crippen LogP contribution in [-0.2, 0) is 0 Å². The molecule has 3 rings (SSSR count). The van der Waals surface area contributed by atoms with E-state index in [4.69, 9.17) is 0 Å². The van der Waals surface area contributed by atoms with Gasteiger partial charge in [-0.3, -0.25) is 9.89 Å². The van der Waals surface area contributed by atoms with E-state index in [-0.39, 0.29) is 11.8 Å². The van der Waals surface area contributed by atoms with E-state index in [0.29, 0.717) is 11.9 Å². The molecule has 2 aliphatic rings. The molecule has 6 nitrogen and oxygen atoms in total. The van der Waals surface area contributed by atoms with Gasteiger partial charge < -0.3 is 9.80 Å².